The largest absolute Gasteiger partial charge is 0.354 e. The van der Waals surface area contributed by atoms with Crippen molar-refractivity contribution in [2.45, 2.75) is 34.1 Å². The third-order valence-electron chi connectivity index (χ3n) is 3.31. The Hall–Kier alpha value is -1.90. The van der Waals surface area contributed by atoms with Crippen LogP contribution >= 0.6 is 0 Å². The minimum absolute atomic E-state index is 0.706. The Morgan fingerprint density at radius 1 is 1.05 bits per heavy atom. The van der Waals surface area contributed by atoms with E-state index in [0.717, 1.165) is 18.7 Å². The predicted octanol–water partition coefficient (Wildman–Crippen LogP) is 3.89. The Bertz CT molecular complexity index is 576. The van der Waals surface area contributed by atoms with Crippen LogP contribution in [0, 0.1) is 20.8 Å². The monoisotopic (exact) mass is 255 g/mol. The van der Waals surface area contributed by atoms with Gasteiger partial charge in [-0.15, -0.1) is 0 Å². The SMILES string of the molecule is CCCNc1nccc(-c2cc(C)c(C)cc2C)n1. The van der Waals surface area contributed by atoms with E-state index in [2.05, 4.69) is 55.1 Å². The van der Waals surface area contributed by atoms with Gasteiger partial charge in [-0.3, -0.25) is 0 Å². The lowest BCUT2D eigenvalue weighted by atomic mass is 9.99. The zero-order valence-electron chi connectivity index (χ0n) is 12.1. The molecule has 0 saturated carbocycles. The van der Waals surface area contributed by atoms with E-state index < -0.39 is 0 Å². The van der Waals surface area contributed by atoms with Crippen LogP contribution in [0.3, 0.4) is 0 Å². The van der Waals surface area contributed by atoms with Crippen LogP contribution in [0.5, 0.6) is 0 Å². The number of nitrogens with zero attached hydrogens (tertiary/aromatic N) is 2. The summed E-state index contributed by atoms with van der Waals surface area (Å²) in [6.07, 6.45) is 2.88. The zero-order valence-corrected chi connectivity index (χ0v) is 12.1. The van der Waals surface area contributed by atoms with Gasteiger partial charge in [-0.2, -0.15) is 0 Å². The van der Waals surface area contributed by atoms with Gasteiger partial charge in [0.05, 0.1) is 5.69 Å². The van der Waals surface area contributed by atoms with Gasteiger partial charge in [-0.1, -0.05) is 13.0 Å². The van der Waals surface area contributed by atoms with E-state index in [1.54, 1.807) is 0 Å². The van der Waals surface area contributed by atoms with E-state index in [0.29, 0.717) is 5.95 Å². The Morgan fingerprint density at radius 3 is 2.53 bits per heavy atom. The van der Waals surface area contributed by atoms with E-state index in [9.17, 15) is 0 Å². The second-order valence-corrected chi connectivity index (χ2v) is 4.94. The molecule has 0 saturated heterocycles. The molecule has 0 fully saturated rings. The molecule has 0 amide bonds. The maximum Gasteiger partial charge on any atom is 0.223 e. The van der Waals surface area contributed by atoms with Gasteiger partial charge >= 0.3 is 0 Å². The van der Waals surface area contributed by atoms with Gasteiger partial charge in [-0.05, 0) is 56.0 Å². The second kappa shape index (κ2) is 5.83. The molecule has 19 heavy (non-hydrogen) atoms. The van der Waals surface area contributed by atoms with Crippen LogP contribution in [-0.4, -0.2) is 16.5 Å². The fourth-order valence-electron chi connectivity index (χ4n) is 2.07. The first kappa shape index (κ1) is 13.5. The molecule has 0 bridgehead atoms. The fourth-order valence-corrected chi connectivity index (χ4v) is 2.07. The molecule has 0 atom stereocenters. The van der Waals surface area contributed by atoms with Gasteiger partial charge in [0.25, 0.3) is 0 Å². The molecule has 0 spiro atoms. The highest BCUT2D eigenvalue weighted by Gasteiger charge is 2.07. The van der Waals surface area contributed by atoms with Crippen molar-refractivity contribution >= 4 is 5.95 Å². The molecule has 0 aliphatic rings. The average Bonchev–Trinajstić information content (AvgIpc) is 2.41. The van der Waals surface area contributed by atoms with Gasteiger partial charge in [0.1, 0.15) is 0 Å². The topological polar surface area (TPSA) is 37.8 Å². The van der Waals surface area contributed by atoms with Crippen LogP contribution in [0.2, 0.25) is 0 Å². The first-order chi connectivity index (χ1) is 9.11. The molecule has 0 aliphatic heterocycles. The number of hydrogen-bond donors (Lipinski definition) is 1. The molecular formula is C16H21N3. The summed E-state index contributed by atoms with van der Waals surface area (Å²) in [5, 5.41) is 3.23. The fraction of sp³-hybridized carbons (Fsp3) is 0.375. The minimum atomic E-state index is 0.706. The smallest absolute Gasteiger partial charge is 0.223 e. The van der Waals surface area contributed by atoms with Gasteiger partial charge in [0, 0.05) is 18.3 Å². The maximum atomic E-state index is 4.59. The molecule has 0 radical (unpaired) electrons. The standard InChI is InChI=1S/C16H21N3/c1-5-7-17-16-18-8-6-15(19-16)14-10-12(3)11(2)9-13(14)4/h6,8-10H,5,7H2,1-4H3,(H,17,18,19). The maximum absolute atomic E-state index is 4.59. The Morgan fingerprint density at radius 2 is 1.79 bits per heavy atom. The molecule has 0 unspecified atom stereocenters. The molecule has 0 aliphatic carbocycles. The first-order valence-electron chi connectivity index (χ1n) is 6.77. The average molecular weight is 255 g/mol. The van der Waals surface area contributed by atoms with E-state index in [1.807, 2.05) is 12.3 Å². The van der Waals surface area contributed by atoms with Crippen LogP contribution in [-0.2, 0) is 0 Å². The zero-order chi connectivity index (χ0) is 13.8. The third-order valence-corrected chi connectivity index (χ3v) is 3.31. The van der Waals surface area contributed by atoms with E-state index >= 15 is 0 Å². The number of aryl methyl sites for hydroxylation is 3. The Labute approximate surface area is 115 Å². The van der Waals surface area contributed by atoms with Crippen molar-refractivity contribution in [1.82, 2.24) is 9.97 Å². The number of rotatable bonds is 4. The highest BCUT2D eigenvalue weighted by Crippen LogP contribution is 2.25. The number of aromatic nitrogens is 2. The van der Waals surface area contributed by atoms with Crippen molar-refractivity contribution in [3.8, 4) is 11.3 Å². The first-order valence-corrected chi connectivity index (χ1v) is 6.77. The van der Waals surface area contributed by atoms with Gasteiger partial charge in [0.15, 0.2) is 0 Å². The summed E-state index contributed by atoms with van der Waals surface area (Å²) in [5.41, 5.74) is 6.03. The lowest BCUT2D eigenvalue weighted by Crippen LogP contribution is -2.04. The molecule has 1 heterocycles. The summed E-state index contributed by atoms with van der Waals surface area (Å²) >= 11 is 0. The summed E-state index contributed by atoms with van der Waals surface area (Å²) in [5.74, 6) is 0.706. The summed E-state index contributed by atoms with van der Waals surface area (Å²) < 4.78 is 0. The van der Waals surface area contributed by atoms with Crippen LogP contribution in [0.1, 0.15) is 30.0 Å². The van der Waals surface area contributed by atoms with Gasteiger partial charge in [0.2, 0.25) is 5.95 Å². The molecule has 100 valence electrons. The van der Waals surface area contributed by atoms with Crippen molar-refractivity contribution in [3.63, 3.8) is 0 Å². The summed E-state index contributed by atoms with van der Waals surface area (Å²) in [6.45, 7) is 9.43. The molecule has 1 N–H and O–H groups in total. The van der Waals surface area contributed by atoms with Crippen molar-refractivity contribution in [1.29, 1.82) is 0 Å². The van der Waals surface area contributed by atoms with Crippen LogP contribution in [0.15, 0.2) is 24.4 Å². The van der Waals surface area contributed by atoms with Crippen LogP contribution < -0.4 is 5.32 Å². The van der Waals surface area contributed by atoms with Crippen molar-refractivity contribution in [2.24, 2.45) is 0 Å². The van der Waals surface area contributed by atoms with E-state index in [-0.39, 0.29) is 0 Å². The normalized spacial score (nSPS) is 10.5. The molecule has 3 heteroatoms. The Kier molecular flexibility index (Phi) is 4.15. The minimum Gasteiger partial charge on any atom is -0.354 e. The summed E-state index contributed by atoms with van der Waals surface area (Å²) in [6, 6.07) is 6.39. The third kappa shape index (κ3) is 3.11. The highest BCUT2D eigenvalue weighted by molar-refractivity contribution is 5.66. The van der Waals surface area contributed by atoms with Gasteiger partial charge < -0.3 is 5.32 Å². The molecule has 1 aromatic heterocycles. The van der Waals surface area contributed by atoms with Crippen molar-refractivity contribution < 1.29 is 0 Å². The molecule has 2 rings (SSSR count). The number of benzene rings is 1. The number of nitrogens with one attached hydrogen (secondary N) is 1. The quantitative estimate of drug-likeness (QED) is 0.900. The molecular weight excluding hydrogens is 234 g/mol. The second-order valence-electron chi connectivity index (χ2n) is 4.94. The Balaban J connectivity index is 2.38. The lowest BCUT2D eigenvalue weighted by molar-refractivity contribution is 0.953. The summed E-state index contributed by atoms with van der Waals surface area (Å²) in [7, 11) is 0. The predicted molar refractivity (Wildman–Crippen MR) is 80.5 cm³/mol. The van der Waals surface area contributed by atoms with E-state index in [4.69, 9.17) is 0 Å². The highest BCUT2D eigenvalue weighted by atomic mass is 15.1. The van der Waals surface area contributed by atoms with Crippen molar-refractivity contribution in [2.75, 3.05) is 11.9 Å². The number of anilines is 1. The molecule has 2 aromatic rings. The number of hydrogen-bond acceptors (Lipinski definition) is 3. The molecule has 3 nitrogen and oxygen atoms in total. The van der Waals surface area contributed by atoms with Crippen molar-refractivity contribution in [3.05, 3.63) is 41.1 Å². The van der Waals surface area contributed by atoms with Gasteiger partial charge in [-0.25, -0.2) is 9.97 Å². The molecule has 1 aromatic carbocycles. The van der Waals surface area contributed by atoms with Crippen LogP contribution in [0.25, 0.3) is 11.3 Å². The lowest BCUT2D eigenvalue weighted by Gasteiger charge is -2.10. The van der Waals surface area contributed by atoms with Crippen LogP contribution in [0.4, 0.5) is 5.95 Å². The van der Waals surface area contributed by atoms with E-state index in [1.165, 1.54) is 22.3 Å². The summed E-state index contributed by atoms with van der Waals surface area (Å²) in [4.78, 5) is 8.84.